The van der Waals surface area contributed by atoms with Gasteiger partial charge < -0.3 is 14.8 Å². The maximum absolute atomic E-state index is 13.3. The van der Waals surface area contributed by atoms with Gasteiger partial charge in [0.15, 0.2) is 0 Å². The average molecular weight is 374 g/mol. The molecule has 1 aromatic heterocycles. The van der Waals surface area contributed by atoms with E-state index in [9.17, 15) is 9.50 Å². The third-order valence-electron chi connectivity index (χ3n) is 4.53. The predicted molar refractivity (Wildman–Crippen MR) is 106 cm³/mol. The average Bonchev–Trinajstić information content (AvgIpc) is 3.19. The highest BCUT2D eigenvalue weighted by Crippen LogP contribution is 2.28. The summed E-state index contributed by atoms with van der Waals surface area (Å²) in [5, 5.41) is 10.6. The summed E-state index contributed by atoms with van der Waals surface area (Å²) in [5.74, 6) is 1.59. The van der Waals surface area contributed by atoms with Crippen molar-refractivity contribution in [1.82, 2.24) is 9.97 Å². The maximum atomic E-state index is 13.3. The van der Waals surface area contributed by atoms with Crippen molar-refractivity contribution in [2.45, 2.75) is 13.0 Å². The number of H-pyrrole nitrogens is 1. The predicted octanol–water partition coefficient (Wildman–Crippen LogP) is 5.40. The van der Waals surface area contributed by atoms with Gasteiger partial charge in [0.05, 0.1) is 11.9 Å². The summed E-state index contributed by atoms with van der Waals surface area (Å²) in [4.78, 5) is 7.44. The lowest BCUT2D eigenvalue weighted by atomic mass is 10.0. The van der Waals surface area contributed by atoms with Crippen molar-refractivity contribution in [3.05, 3.63) is 102 Å². The van der Waals surface area contributed by atoms with Gasteiger partial charge >= 0.3 is 0 Å². The first-order valence-corrected chi connectivity index (χ1v) is 8.92. The highest BCUT2D eigenvalue weighted by atomic mass is 19.1. The number of aliphatic hydroxyl groups is 1. The van der Waals surface area contributed by atoms with Crippen molar-refractivity contribution in [3.63, 3.8) is 0 Å². The fourth-order valence-corrected chi connectivity index (χ4v) is 3.04. The summed E-state index contributed by atoms with van der Waals surface area (Å²) < 4.78 is 19.1. The molecule has 0 aliphatic rings. The van der Waals surface area contributed by atoms with E-state index in [1.807, 2.05) is 54.6 Å². The Hall–Kier alpha value is -3.44. The fraction of sp³-hybridized carbons (Fsp3) is 0.0870. The monoisotopic (exact) mass is 374 g/mol. The topological polar surface area (TPSA) is 58.1 Å². The van der Waals surface area contributed by atoms with Crippen LogP contribution in [0.15, 0.2) is 79.0 Å². The number of nitrogens with zero attached hydrogens (tertiary/aromatic N) is 1. The summed E-state index contributed by atoms with van der Waals surface area (Å²) in [5.41, 5.74) is 2.99. The molecule has 1 heterocycles. The molecule has 1 atom stereocenters. The molecule has 0 saturated heterocycles. The van der Waals surface area contributed by atoms with Crippen molar-refractivity contribution >= 4 is 0 Å². The third kappa shape index (κ3) is 3.80. The van der Waals surface area contributed by atoms with Gasteiger partial charge in [0, 0.05) is 0 Å². The van der Waals surface area contributed by atoms with Gasteiger partial charge in [0.1, 0.15) is 29.2 Å². The number of para-hydroxylation sites is 1. The molecule has 4 rings (SSSR count). The van der Waals surface area contributed by atoms with Crippen molar-refractivity contribution in [3.8, 4) is 22.8 Å². The second kappa shape index (κ2) is 7.66. The van der Waals surface area contributed by atoms with Gasteiger partial charge in [-0.15, -0.1) is 0 Å². The molecule has 4 nitrogen and oxygen atoms in total. The highest BCUT2D eigenvalue weighted by molar-refractivity contribution is 5.60. The number of imidazole rings is 1. The van der Waals surface area contributed by atoms with E-state index in [-0.39, 0.29) is 5.82 Å². The minimum atomic E-state index is -0.949. The van der Waals surface area contributed by atoms with E-state index in [4.69, 9.17) is 4.74 Å². The van der Waals surface area contributed by atoms with Crippen LogP contribution in [-0.4, -0.2) is 15.1 Å². The molecule has 0 aliphatic heterocycles. The lowest BCUT2D eigenvalue weighted by Crippen LogP contribution is -2.04. The minimum Gasteiger partial charge on any atom is -0.457 e. The van der Waals surface area contributed by atoms with Crippen molar-refractivity contribution in [2.24, 2.45) is 0 Å². The SMILES string of the molecule is Cc1cc(F)ccc1C(O)c1ncc(-c2ccc(Oc3ccccc3)cc2)[nH]1. The normalized spacial score (nSPS) is 12.0. The van der Waals surface area contributed by atoms with Crippen LogP contribution in [0.4, 0.5) is 4.39 Å². The van der Waals surface area contributed by atoms with Gasteiger partial charge in [-0.1, -0.05) is 24.3 Å². The number of rotatable bonds is 5. The molecule has 3 aromatic carbocycles. The zero-order valence-corrected chi connectivity index (χ0v) is 15.3. The molecule has 1 unspecified atom stereocenters. The largest absolute Gasteiger partial charge is 0.457 e. The second-order valence-electron chi connectivity index (χ2n) is 6.53. The van der Waals surface area contributed by atoms with Crippen LogP contribution in [0.2, 0.25) is 0 Å². The third-order valence-corrected chi connectivity index (χ3v) is 4.53. The van der Waals surface area contributed by atoms with Crippen LogP contribution in [-0.2, 0) is 0 Å². The molecule has 140 valence electrons. The molecular weight excluding hydrogens is 355 g/mol. The van der Waals surface area contributed by atoms with Crippen LogP contribution in [0.3, 0.4) is 0 Å². The molecule has 4 aromatic rings. The van der Waals surface area contributed by atoms with Crippen LogP contribution in [0, 0.1) is 12.7 Å². The van der Waals surface area contributed by atoms with Crippen molar-refractivity contribution in [2.75, 3.05) is 0 Å². The number of nitrogens with one attached hydrogen (secondary N) is 1. The number of aliphatic hydroxyl groups excluding tert-OH is 1. The van der Waals surface area contributed by atoms with Gasteiger partial charge in [-0.2, -0.15) is 0 Å². The summed E-state index contributed by atoms with van der Waals surface area (Å²) in [7, 11) is 0. The number of halogens is 1. The number of ether oxygens (including phenoxy) is 1. The van der Waals surface area contributed by atoms with Crippen LogP contribution >= 0.6 is 0 Å². The van der Waals surface area contributed by atoms with E-state index in [1.165, 1.54) is 12.1 Å². The number of benzene rings is 3. The Bertz CT molecular complexity index is 1080. The maximum Gasteiger partial charge on any atom is 0.140 e. The number of aromatic nitrogens is 2. The van der Waals surface area contributed by atoms with E-state index in [0.717, 1.165) is 22.8 Å². The lowest BCUT2D eigenvalue weighted by molar-refractivity contribution is 0.210. The van der Waals surface area contributed by atoms with E-state index in [0.29, 0.717) is 17.0 Å². The van der Waals surface area contributed by atoms with Crippen LogP contribution in [0.5, 0.6) is 11.5 Å². The molecule has 2 N–H and O–H groups in total. The standard InChI is InChI=1S/C23H19FN2O2/c1-15-13-17(24)9-12-20(15)22(27)23-25-14-21(26-23)16-7-10-19(11-8-16)28-18-5-3-2-4-6-18/h2-14,22,27H,1H3,(H,25,26). The first-order chi connectivity index (χ1) is 13.6. The smallest absolute Gasteiger partial charge is 0.140 e. The number of hydrogen-bond donors (Lipinski definition) is 2. The van der Waals surface area contributed by atoms with E-state index in [1.54, 1.807) is 19.2 Å². The van der Waals surface area contributed by atoms with Gasteiger partial charge in [0.25, 0.3) is 0 Å². The van der Waals surface area contributed by atoms with Crippen LogP contribution < -0.4 is 4.74 Å². The number of hydrogen-bond acceptors (Lipinski definition) is 3. The van der Waals surface area contributed by atoms with E-state index in [2.05, 4.69) is 9.97 Å². The molecule has 0 aliphatic carbocycles. The molecule has 0 fully saturated rings. The first kappa shape index (κ1) is 17.9. The first-order valence-electron chi connectivity index (χ1n) is 8.92. The van der Waals surface area contributed by atoms with Crippen molar-refractivity contribution in [1.29, 1.82) is 0 Å². The Morgan fingerprint density at radius 2 is 1.68 bits per heavy atom. The Kier molecular flexibility index (Phi) is 4.91. The molecular formula is C23H19FN2O2. The van der Waals surface area contributed by atoms with E-state index >= 15 is 0 Å². The molecule has 28 heavy (non-hydrogen) atoms. The minimum absolute atomic E-state index is 0.327. The summed E-state index contributed by atoms with van der Waals surface area (Å²) >= 11 is 0. The van der Waals surface area contributed by atoms with E-state index < -0.39 is 6.10 Å². The molecule has 0 bridgehead atoms. The van der Waals surface area contributed by atoms with Gasteiger partial charge in [-0.25, -0.2) is 9.37 Å². The highest BCUT2D eigenvalue weighted by Gasteiger charge is 2.17. The van der Waals surface area contributed by atoms with Crippen molar-refractivity contribution < 1.29 is 14.2 Å². The molecule has 0 radical (unpaired) electrons. The summed E-state index contributed by atoms with van der Waals surface area (Å²) in [6, 6.07) is 21.5. The Labute approximate surface area is 162 Å². The zero-order valence-electron chi connectivity index (χ0n) is 15.3. The molecule has 0 amide bonds. The Morgan fingerprint density at radius 1 is 0.964 bits per heavy atom. The lowest BCUT2D eigenvalue weighted by Gasteiger charge is -2.11. The Balaban J connectivity index is 1.52. The summed E-state index contributed by atoms with van der Waals surface area (Å²) in [6.07, 6.45) is 0.722. The van der Waals surface area contributed by atoms with Gasteiger partial charge in [-0.05, 0) is 72.1 Å². The van der Waals surface area contributed by atoms with Crippen LogP contribution in [0.1, 0.15) is 23.1 Å². The number of aryl methyl sites for hydroxylation is 1. The van der Waals surface area contributed by atoms with Gasteiger partial charge in [0.2, 0.25) is 0 Å². The van der Waals surface area contributed by atoms with Crippen LogP contribution in [0.25, 0.3) is 11.3 Å². The second-order valence-corrected chi connectivity index (χ2v) is 6.53. The zero-order chi connectivity index (χ0) is 19.5. The Morgan fingerprint density at radius 3 is 2.39 bits per heavy atom. The number of aromatic amines is 1. The quantitative estimate of drug-likeness (QED) is 0.492. The summed E-state index contributed by atoms with van der Waals surface area (Å²) in [6.45, 7) is 1.76. The van der Waals surface area contributed by atoms with Gasteiger partial charge in [-0.3, -0.25) is 0 Å². The fourth-order valence-electron chi connectivity index (χ4n) is 3.04. The molecule has 5 heteroatoms. The molecule has 0 saturated carbocycles. The molecule has 0 spiro atoms.